The molecule has 36 heavy (non-hydrogen) atoms. The van der Waals surface area contributed by atoms with Crippen LogP contribution in [0.4, 0.5) is 10.1 Å². The Bertz CT molecular complexity index is 1340. The molecule has 2 fully saturated rings. The smallest absolute Gasteiger partial charge is 0.276 e. The zero-order chi connectivity index (χ0) is 25.8. The standard InChI is InChI=1S/C24H29FN4O6S/c1-14-8-16(4-5-17(14)25)26-22(30)20-21-19(10-28(20)3)36(32,33)27-18-9-29(7-6-15(18)11-35-21)23(31)24(2)12-34-13-24/h4-5,8,10,15,18,27H,6-7,9,11-13H2,1-3H3,(H,26,30)/t15-,18+/m0/s1. The molecule has 194 valence electrons. The number of benzene rings is 1. The van der Waals surface area contributed by atoms with Crippen molar-refractivity contribution in [3.63, 3.8) is 0 Å². The van der Waals surface area contributed by atoms with E-state index in [2.05, 4.69) is 10.0 Å². The lowest BCUT2D eigenvalue weighted by Gasteiger charge is -2.45. The van der Waals surface area contributed by atoms with Crippen LogP contribution in [0.2, 0.25) is 0 Å². The first kappa shape index (κ1) is 24.7. The van der Waals surface area contributed by atoms with Gasteiger partial charge in [0.2, 0.25) is 15.9 Å². The topological polar surface area (TPSA) is 119 Å². The van der Waals surface area contributed by atoms with Gasteiger partial charge < -0.3 is 24.3 Å². The minimum Gasteiger partial charge on any atom is -0.489 e. The van der Waals surface area contributed by atoms with Crippen molar-refractivity contribution in [2.75, 3.05) is 38.2 Å². The second kappa shape index (κ2) is 8.86. The molecule has 3 aliphatic rings. The maximum atomic E-state index is 13.6. The van der Waals surface area contributed by atoms with E-state index in [0.717, 1.165) is 0 Å². The van der Waals surface area contributed by atoms with Gasteiger partial charge in [-0.2, -0.15) is 0 Å². The number of sulfonamides is 1. The average molecular weight is 521 g/mol. The van der Waals surface area contributed by atoms with Crippen molar-refractivity contribution in [3.05, 3.63) is 41.5 Å². The summed E-state index contributed by atoms with van der Waals surface area (Å²) < 4.78 is 55.7. The molecule has 0 aliphatic carbocycles. The van der Waals surface area contributed by atoms with Crippen molar-refractivity contribution in [2.45, 2.75) is 31.2 Å². The summed E-state index contributed by atoms with van der Waals surface area (Å²) in [4.78, 5) is 27.6. The summed E-state index contributed by atoms with van der Waals surface area (Å²) in [7, 11) is -2.50. The maximum Gasteiger partial charge on any atom is 0.276 e. The van der Waals surface area contributed by atoms with Crippen molar-refractivity contribution >= 4 is 27.5 Å². The van der Waals surface area contributed by atoms with Crippen LogP contribution in [-0.4, -0.2) is 68.7 Å². The normalized spacial score (nSPS) is 24.3. The molecule has 2 saturated heterocycles. The third-order valence-electron chi connectivity index (χ3n) is 7.17. The summed E-state index contributed by atoms with van der Waals surface area (Å²) in [6, 6.07) is 3.66. The highest BCUT2D eigenvalue weighted by atomic mass is 32.2. The van der Waals surface area contributed by atoms with E-state index in [-0.39, 0.29) is 41.3 Å². The van der Waals surface area contributed by atoms with Crippen molar-refractivity contribution in [2.24, 2.45) is 18.4 Å². The largest absolute Gasteiger partial charge is 0.489 e. The molecule has 1 aromatic heterocycles. The van der Waals surface area contributed by atoms with Crippen LogP contribution in [0.25, 0.3) is 0 Å². The first-order chi connectivity index (χ1) is 17.0. The van der Waals surface area contributed by atoms with E-state index >= 15 is 0 Å². The van der Waals surface area contributed by atoms with E-state index in [4.69, 9.17) is 9.47 Å². The fraction of sp³-hybridized carbons (Fsp3) is 0.500. The number of halogens is 1. The van der Waals surface area contributed by atoms with E-state index in [0.29, 0.717) is 37.4 Å². The molecule has 0 bridgehead atoms. The molecule has 2 N–H and O–H groups in total. The number of amides is 2. The van der Waals surface area contributed by atoms with E-state index in [9.17, 15) is 22.4 Å². The van der Waals surface area contributed by atoms with Gasteiger partial charge in [-0.05, 0) is 44.0 Å². The number of nitrogens with one attached hydrogen (secondary N) is 2. The SMILES string of the molecule is Cc1cc(NC(=O)c2c3c(cn2C)S(=O)(=O)N[C@@H]2CN(C(=O)C4(C)COC4)CC[C@H]2CO3)ccc1F. The second-order valence-corrected chi connectivity index (χ2v) is 11.8. The van der Waals surface area contributed by atoms with Crippen molar-refractivity contribution in [3.8, 4) is 5.75 Å². The first-order valence-electron chi connectivity index (χ1n) is 11.8. The molecule has 0 radical (unpaired) electrons. The number of carbonyl (C=O) groups is 2. The number of nitrogens with zero attached hydrogens (tertiary/aromatic N) is 2. The van der Waals surface area contributed by atoms with Crippen LogP contribution in [0.3, 0.4) is 0 Å². The Balaban J connectivity index is 1.40. The van der Waals surface area contributed by atoms with Gasteiger partial charge in [-0.25, -0.2) is 17.5 Å². The lowest BCUT2D eigenvalue weighted by molar-refractivity contribution is -0.170. The average Bonchev–Trinajstić information content (AvgIpc) is 3.14. The molecule has 12 heteroatoms. The Morgan fingerprint density at radius 3 is 2.69 bits per heavy atom. The van der Waals surface area contributed by atoms with Gasteiger partial charge in [-0.1, -0.05) is 0 Å². The van der Waals surface area contributed by atoms with Crippen molar-refractivity contribution in [1.82, 2.24) is 14.2 Å². The number of hydrogen-bond acceptors (Lipinski definition) is 6. The third-order valence-corrected chi connectivity index (χ3v) is 8.65. The van der Waals surface area contributed by atoms with Gasteiger partial charge in [0.05, 0.1) is 25.2 Å². The van der Waals surface area contributed by atoms with E-state index < -0.39 is 33.2 Å². The van der Waals surface area contributed by atoms with Gasteiger partial charge >= 0.3 is 0 Å². The molecule has 3 aliphatic heterocycles. The minimum absolute atomic E-state index is 0.0302. The molecule has 0 saturated carbocycles. The van der Waals surface area contributed by atoms with Crippen molar-refractivity contribution in [1.29, 1.82) is 0 Å². The molecule has 2 amide bonds. The van der Waals surface area contributed by atoms with Gasteiger partial charge in [0, 0.05) is 44.0 Å². The summed E-state index contributed by atoms with van der Waals surface area (Å²) >= 11 is 0. The zero-order valence-electron chi connectivity index (χ0n) is 20.3. The number of piperidine rings is 1. The number of aromatic nitrogens is 1. The van der Waals surface area contributed by atoms with Crippen LogP contribution in [0.1, 0.15) is 29.4 Å². The van der Waals surface area contributed by atoms with Crippen LogP contribution >= 0.6 is 0 Å². The summed E-state index contributed by atoms with van der Waals surface area (Å²) in [6.45, 7) is 5.07. The molecule has 0 spiro atoms. The second-order valence-electron chi connectivity index (χ2n) is 10.1. The predicted molar refractivity (Wildman–Crippen MR) is 128 cm³/mol. The lowest BCUT2D eigenvalue weighted by Crippen LogP contribution is -2.60. The van der Waals surface area contributed by atoms with Crippen LogP contribution in [0, 0.1) is 24.1 Å². The number of hydrogen-bond donors (Lipinski definition) is 2. The molecule has 0 unspecified atom stereocenters. The number of anilines is 1. The number of aryl methyl sites for hydroxylation is 2. The van der Waals surface area contributed by atoms with Gasteiger partial charge in [-0.3, -0.25) is 9.59 Å². The Morgan fingerprint density at radius 1 is 1.28 bits per heavy atom. The Morgan fingerprint density at radius 2 is 2.03 bits per heavy atom. The molecule has 2 atom stereocenters. The fourth-order valence-corrected chi connectivity index (χ4v) is 6.46. The number of likely N-dealkylation sites (tertiary alicyclic amines) is 1. The summed E-state index contributed by atoms with van der Waals surface area (Å²) in [5.74, 6) is -1.22. The highest BCUT2D eigenvalue weighted by molar-refractivity contribution is 7.89. The van der Waals surface area contributed by atoms with Crippen LogP contribution in [0.5, 0.6) is 5.75 Å². The summed E-state index contributed by atoms with van der Waals surface area (Å²) in [6.07, 6.45) is 1.88. The number of rotatable bonds is 3. The summed E-state index contributed by atoms with van der Waals surface area (Å²) in [5.41, 5.74) is 0.222. The monoisotopic (exact) mass is 520 g/mol. The summed E-state index contributed by atoms with van der Waals surface area (Å²) in [5, 5.41) is 2.69. The molecule has 5 rings (SSSR count). The Hall–Kier alpha value is -2.96. The molecule has 2 aromatic rings. The number of ether oxygens (including phenoxy) is 2. The van der Waals surface area contributed by atoms with Crippen molar-refractivity contribution < 1.29 is 31.9 Å². The number of fused-ring (bicyclic) bond motifs is 2. The Labute approximate surface area is 208 Å². The predicted octanol–water partition coefficient (Wildman–Crippen LogP) is 1.65. The van der Waals surface area contributed by atoms with E-state index in [1.54, 1.807) is 18.9 Å². The molecule has 1 aromatic carbocycles. The highest BCUT2D eigenvalue weighted by Crippen LogP contribution is 2.36. The van der Waals surface area contributed by atoms with Gasteiger partial charge in [0.1, 0.15) is 10.7 Å². The highest BCUT2D eigenvalue weighted by Gasteiger charge is 2.46. The maximum absolute atomic E-state index is 13.6. The zero-order valence-corrected chi connectivity index (χ0v) is 21.2. The van der Waals surface area contributed by atoms with Gasteiger partial charge in [0.25, 0.3) is 5.91 Å². The fourth-order valence-electron chi connectivity index (χ4n) is 4.97. The molecular formula is C24H29FN4O6S. The lowest BCUT2D eigenvalue weighted by atomic mass is 9.84. The van der Waals surface area contributed by atoms with Gasteiger partial charge in [0.15, 0.2) is 11.4 Å². The Kier molecular flexibility index (Phi) is 6.08. The third kappa shape index (κ3) is 4.27. The van der Waals surface area contributed by atoms with Crippen LogP contribution in [-0.2, 0) is 26.6 Å². The minimum atomic E-state index is -4.06. The molecule has 4 heterocycles. The van der Waals surface area contributed by atoms with E-state index in [1.165, 1.54) is 29.0 Å². The molecule has 10 nitrogen and oxygen atoms in total. The quantitative estimate of drug-likeness (QED) is 0.635. The van der Waals surface area contributed by atoms with Crippen LogP contribution in [0.15, 0.2) is 29.3 Å². The van der Waals surface area contributed by atoms with Crippen LogP contribution < -0.4 is 14.8 Å². The van der Waals surface area contributed by atoms with Gasteiger partial charge in [-0.15, -0.1) is 0 Å². The van der Waals surface area contributed by atoms with E-state index in [1.807, 2.05) is 6.92 Å². The number of carbonyl (C=O) groups excluding carboxylic acids is 2. The molecular weight excluding hydrogens is 491 g/mol. The first-order valence-corrected chi connectivity index (χ1v) is 13.3.